The average Bonchev–Trinajstić information content (AvgIpc) is 2.88. The summed E-state index contributed by atoms with van der Waals surface area (Å²) in [5.74, 6) is 1.01. The van der Waals surface area contributed by atoms with Gasteiger partial charge in [0.2, 0.25) is 0 Å². The standard InChI is InChI=1S/C13H16Cl3NO/c1-2-11(8-5-6-17-7-8)18-13-10(15)4-3-9(14)12(13)16/h3-4,8,11,17H,2,5-7H2,1H3/t8-,11+/m0/s1. The molecule has 0 aromatic heterocycles. The van der Waals surface area contributed by atoms with Gasteiger partial charge >= 0.3 is 0 Å². The summed E-state index contributed by atoms with van der Waals surface area (Å²) >= 11 is 18.3. The highest BCUT2D eigenvalue weighted by molar-refractivity contribution is 6.44. The molecule has 2 atom stereocenters. The third kappa shape index (κ3) is 3.05. The minimum absolute atomic E-state index is 0.119. The molecule has 2 rings (SSSR count). The number of nitrogens with one attached hydrogen (secondary N) is 1. The molecule has 100 valence electrons. The van der Waals surface area contributed by atoms with E-state index in [0.29, 0.717) is 26.7 Å². The third-order valence-electron chi connectivity index (χ3n) is 3.30. The Hall–Kier alpha value is -0.150. The van der Waals surface area contributed by atoms with Crippen LogP contribution in [0.15, 0.2) is 12.1 Å². The average molecular weight is 309 g/mol. The fraction of sp³-hybridized carbons (Fsp3) is 0.538. The van der Waals surface area contributed by atoms with E-state index in [2.05, 4.69) is 12.2 Å². The largest absolute Gasteiger partial charge is 0.487 e. The molecular weight excluding hydrogens is 293 g/mol. The van der Waals surface area contributed by atoms with Gasteiger partial charge < -0.3 is 10.1 Å². The van der Waals surface area contributed by atoms with Crippen LogP contribution < -0.4 is 10.1 Å². The molecule has 0 aliphatic carbocycles. The van der Waals surface area contributed by atoms with Gasteiger partial charge in [0.15, 0.2) is 5.75 Å². The van der Waals surface area contributed by atoms with Crippen molar-refractivity contribution in [3.8, 4) is 5.75 Å². The summed E-state index contributed by atoms with van der Waals surface area (Å²) in [4.78, 5) is 0. The maximum Gasteiger partial charge on any atom is 0.158 e. The van der Waals surface area contributed by atoms with E-state index in [1.165, 1.54) is 0 Å². The molecule has 1 saturated heterocycles. The lowest BCUT2D eigenvalue weighted by atomic mass is 9.99. The van der Waals surface area contributed by atoms with Crippen LogP contribution in [0, 0.1) is 5.92 Å². The van der Waals surface area contributed by atoms with Gasteiger partial charge in [-0.1, -0.05) is 41.7 Å². The zero-order valence-electron chi connectivity index (χ0n) is 10.2. The van der Waals surface area contributed by atoms with E-state index in [0.717, 1.165) is 25.9 Å². The van der Waals surface area contributed by atoms with Gasteiger partial charge in [0.1, 0.15) is 11.1 Å². The molecule has 0 unspecified atom stereocenters. The first-order valence-electron chi connectivity index (χ1n) is 6.14. The fourth-order valence-corrected chi connectivity index (χ4v) is 2.88. The van der Waals surface area contributed by atoms with E-state index in [1.54, 1.807) is 12.1 Å². The Bertz CT molecular complexity index is 419. The number of hydrogen-bond donors (Lipinski definition) is 1. The van der Waals surface area contributed by atoms with Crippen LogP contribution in [0.25, 0.3) is 0 Å². The molecule has 0 saturated carbocycles. The van der Waals surface area contributed by atoms with E-state index in [4.69, 9.17) is 39.5 Å². The van der Waals surface area contributed by atoms with Gasteiger partial charge in [0.25, 0.3) is 0 Å². The summed E-state index contributed by atoms with van der Waals surface area (Å²) < 4.78 is 6.00. The van der Waals surface area contributed by atoms with Crippen molar-refractivity contribution in [2.75, 3.05) is 13.1 Å². The molecule has 18 heavy (non-hydrogen) atoms. The normalized spacial score (nSPS) is 21.0. The van der Waals surface area contributed by atoms with Crippen LogP contribution in [-0.4, -0.2) is 19.2 Å². The Labute approximate surface area is 123 Å². The second-order valence-corrected chi connectivity index (χ2v) is 5.68. The molecule has 1 heterocycles. The first-order valence-corrected chi connectivity index (χ1v) is 7.27. The van der Waals surface area contributed by atoms with Crippen LogP contribution in [-0.2, 0) is 0 Å². The Balaban J connectivity index is 2.18. The van der Waals surface area contributed by atoms with Crippen molar-refractivity contribution in [1.82, 2.24) is 5.32 Å². The van der Waals surface area contributed by atoms with Crippen molar-refractivity contribution >= 4 is 34.8 Å². The molecule has 2 nitrogen and oxygen atoms in total. The van der Waals surface area contributed by atoms with Crippen LogP contribution in [0.2, 0.25) is 15.1 Å². The zero-order valence-corrected chi connectivity index (χ0v) is 12.4. The molecular formula is C13H16Cl3NO. The van der Waals surface area contributed by atoms with Gasteiger partial charge in [-0.2, -0.15) is 0 Å². The van der Waals surface area contributed by atoms with Gasteiger partial charge in [-0.3, -0.25) is 0 Å². The number of rotatable bonds is 4. The van der Waals surface area contributed by atoms with Crippen LogP contribution in [0.5, 0.6) is 5.75 Å². The predicted molar refractivity (Wildman–Crippen MR) is 77.2 cm³/mol. The quantitative estimate of drug-likeness (QED) is 0.832. The van der Waals surface area contributed by atoms with Crippen molar-refractivity contribution in [3.63, 3.8) is 0 Å². The number of ether oxygens (including phenoxy) is 1. The number of benzene rings is 1. The molecule has 0 radical (unpaired) electrons. The summed E-state index contributed by atoms with van der Waals surface area (Å²) in [6.07, 6.45) is 2.16. The number of hydrogen-bond acceptors (Lipinski definition) is 2. The summed E-state index contributed by atoms with van der Waals surface area (Å²) in [5.41, 5.74) is 0. The zero-order chi connectivity index (χ0) is 13.1. The van der Waals surface area contributed by atoms with E-state index in [1.807, 2.05) is 0 Å². The van der Waals surface area contributed by atoms with Gasteiger partial charge in [0.05, 0.1) is 10.0 Å². The van der Waals surface area contributed by atoms with E-state index in [9.17, 15) is 0 Å². The Morgan fingerprint density at radius 3 is 2.67 bits per heavy atom. The van der Waals surface area contributed by atoms with Gasteiger partial charge in [-0.15, -0.1) is 0 Å². The maximum absolute atomic E-state index is 6.15. The van der Waals surface area contributed by atoms with E-state index >= 15 is 0 Å². The van der Waals surface area contributed by atoms with Crippen LogP contribution in [0.1, 0.15) is 19.8 Å². The second kappa shape index (κ2) is 6.33. The van der Waals surface area contributed by atoms with E-state index in [-0.39, 0.29) is 6.10 Å². The van der Waals surface area contributed by atoms with Crippen molar-refractivity contribution in [3.05, 3.63) is 27.2 Å². The molecule has 1 aromatic carbocycles. The summed E-state index contributed by atoms with van der Waals surface area (Å²) in [5, 5.41) is 4.71. The topological polar surface area (TPSA) is 21.3 Å². The Morgan fingerprint density at radius 1 is 1.33 bits per heavy atom. The Morgan fingerprint density at radius 2 is 2.06 bits per heavy atom. The van der Waals surface area contributed by atoms with Crippen LogP contribution >= 0.6 is 34.8 Å². The van der Waals surface area contributed by atoms with Crippen LogP contribution in [0.3, 0.4) is 0 Å². The number of halogens is 3. The second-order valence-electron chi connectivity index (χ2n) is 4.49. The monoisotopic (exact) mass is 307 g/mol. The molecule has 1 aromatic rings. The minimum Gasteiger partial charge on any atom is -0.487 e. The highest BCUT2D eigenvalue weighted by Crippen LogP contribution is 2.39. The lowest BCUT2D eigenvalue weighted by molar-refractivity contribution is 0.139. The van der Waals surface area contributed by atoms with Gasteiger partial charge in [0, 0.05) is 12.5 Å². The third-order valence-corrected chi connectivity index (χ3v) is 4.38. The Kier molecular flexibility index (Phi) is 5.02. The van der Waals surface area contributed by atoms with Crippen molar-refractivity contribution in [1.29, 1.82) is 0 Å². The van der Waals surface area contributed by atoms with Crippen LogP contribution in [0.4, 0.5) is 0 Å². The van der Waals surface area contributed by atoms with Crippen molar-refractivity contribution in [2.24, 2.45) is 5.92 Å². The van der Waals surface area contributed by atoms with Gasteiger partial charge in [-0.25, -0.2) is 0 Å². The molecule has 1 N–H and O–H groups in total. The van der Waals surface area contributed by atoms with Crippen molar-refractivity contribution in [2.45, 2.75) is 25.9 Å². The molecule has 0 bridgehead atoms. The molecule has 1 aliphatic heterocycles. The highest BCUT2D eigenvalue weighted by atomic mass is 35.5. The lowest BCUT2D eigenvalue weighted by Crippen LogP contribution is -2.28. The maximum atomic E-state index is 6.15. The summed E-state index contributed by atoms with van der Waals surface area (Å²) in [6, 6.07) is 3.39. The van der Waals surface area contributed by atoms with Gasteiger partial charge in [-0.05, 0) is 31.5 Å². The molecule has 0 spiro atoms. The highest BCUT2D eigenvalue weighted by Gasteiger charge is 2.26. The summed E-state index contributed by atoms with van der Waals surface area (Å²) in [7, 11) is 0. The molecule has 0 amide bonds. The minimum atomic E-state index is 0.119. The van der Waals surface area contributed by atoms with Crippen molar-refractivity contribution < 1.29 is 4.74 Å². The smallest absolute Gasteiger partial charge is 0.158 e. The molecule has 1 fully saturated rings. The first-order chi connectivity index (χ1) is 8.63. The molecule has 1 aliphatic rings. The summed E-state index contributed by atoms with van der Waals surface area (Å²) in [6.45, 7) is 4.13. The molecule has 5 heteroatoms. The first kappa shape index (κ1) is 14.3. The SMILES string of the molecule is CC[C@@H](Oc1c(Cl)ccc(Cl)c1Cl)[C@H]1CCNC1. The predicted octanol–water partition coefficient (Wildman–Crippen LogP) is 4.41. The fourth-order valence-electron chi connectivity index (χ4n) is 2.28. The lowest BCUT2D eigenvalue weighted by Gasteiger charge is -2.24. The van der Waals surface area contributed by atoms with E-state index < -0.39 is 0 Å².